The molecule has 0 bridgehead atoms. The van der Waals surface area contributed by atoms with Crippen molar-refractivity contribution >= 4 is 11.8 Å². The molecule has 1 saturated heterocycles. The highest BCUT2D eigenvalue weighted by atomic mass is 16.5. The van der Waals surface area contributed by atoms with Crippen molar-refractivity contribution in [3.8, 4) is 0 Å². The monoisotopic (exact) mass is 347 g/mol. The lowest BCUT2D eigenvalue weighted by atomic mass is 10.1. The summed E-state index contributed by atoms with van der Waals surface area (Å²) in [6.45, 7) is 6.58. The van der Waals surface area contributed by atoms with Gasteiger partial charge >= 0.3 is 11.8 Å². The van der Waals surface area contributed by atoms with E-state index in [0.29, 0.717) is 13.1 Å². The Morgan fingerprint density at radius 2 is 1.84 bits per heavy atom. The van der Waals surface area contributed by atoms with Crippen LogP contribution in [0.25, 0.3) is 0 Å². The number of carbonyl (C=O) groups excluding carboxylic acids is 2. The van der Waals surface area contributed by atoms with Crippen LogP contribution in [0.5, 0.6) is 0 Å². The van der Waals surface area contributed by atoms with E-state index in [0.717, 1.165) is 45.5 Å². The van der Waals surface area contributed by atoms with E-state index in [1.807, 2.05) is 25.1 Å². The minimum Gasteiger partial charge on any atom is -0.371 e. The standard InChI is InChI=1S/C19H29N3O3/c1-2-10-20-18(23)19(24)21-11-6-7-12-22-13-14-25-17(15-22)16-8-4-3-5-9-16/h3-5,8-9,17H,2,6-7,10-15H2,1H3,(H,20,23)(H,21,24). The van der Waals surface area contributed by atoms with Gasteiger partial charge in [0.1, 0.15) is 0 Å². The van der Waals surface area contributed by atoms with Gasteiger partial charge in [-0.2, -0.15) is 0 Å². The van der Waals surface area contributed by atoms with Crippen molar-refractivity contribution < 1.29 is 14.3 Å². The van der Waals surface area contributed by atoms with Gasteiger partial charge in [-0.25, -0.2) is 0 Å². The number of rotatable bonds is 8. The molecule has 0 spiro atoms. The van der Waals surface area contributed by atoms with Crippen molar-refractivity contribution in [3.63, 3.8) is 0 Å². The number of amides is 2. The van der Waals surface area contributed by atoms with Gasteiger partial charge < -0.3 is 15.4 Å². The molecule has 2 rings (SSSR count). The number of nitrogens with one attached hydrogen (secondary N) is 2. The quantitative estimate of drug-likeness (QED) is 0.552. The second-order valence-corrected chi connectivity index (χ2v) is 6.29. The molecule has 2 amide bonds. The number of nitrogens with zero attached hydrogens (tertiary/aromatic N) is 1. The first-order valence-electron chi connectivity index (χ1n) is 9.15. The molecule has 1 unspecified atom stereocenters. The number of hydrogen-bond donors (Lipinski definition) is 2. The molecule has 0 aliphatic carbocycles. The Labute approximate surface area is 149 Å². The topological polar surface area (TPSA) is 70.7 Å². The maximum absolute atomic E-state index is 11.6. The molecule has 1 fully saturated rings. The zero-order chi connectivity index (χ0) is 17.9. The van der Waals surface area contributed by atoms with E-state index in [-0.39, 0.29) is 6.10 Å². The predicted molar refractivity (Wildman–Crippen MR) is 97.1 cm³/mol. The molecule has 1 aromatic carbocycles. The largest absolute Gasteiger partial charge is 0.371 e. The molecule has 6 nitrogen and oxygen atoms in total. The van der Waals surface area contributed by atoms with Gasteiger partial charge in [0.15, 0.2) is 0 Å². The van der Waals surface area contributed by atoms with E-state index in [9.17, 15) is 9.59 Å². The molecule has 1 atom stereocenters. The zero-order valence-electron chi connectivity index (χ0n) is 15.0. The van der Waals surface area contributed by atoms with Gasteiger partial charge in [-0.1, -0.05) is 37.3 Å². The van der Waals surface area contributed by atoms with E-state index in [1.165, 1.54) is 5.56 Å². The Morgan fingerprint density at radius 3 is 2.56 bits per heavy atom. The average Bonchev–Trinajstić information content (AvgIpc) is 2.66. The summed E-state index contributed by atoms with van der Waals surface area (Å²) >= 11 is 0. The molecular weight excluding hydrogens is 318 g/mol. The molecule has 6 heteroatoms. The highest BCUT2D eigenvalue weighted by molar-refractivity contribution is 6.35. The highest BCUT2D eigenvalue weighted by Gasteiger charge is 2.21. The van der Waals surface area contributed by atoms with Gasteiger partial charge in [-0.15, -0.1) is 0 Å². The first kappa shape index (κ1) is 19.4. The lowest BCUT2D eigenvalue weighted by Gasteiger charge is -2.33. The number of morpholine rings is 1. The second-order valence-electron chi connectivity index (χ2n) is 6.29. The van der Waals surface area contributed by atoms with Gasteiger partial charge in [0, 0.05) is 26.2 Å². The maximum Gasteiger partial charge on any atom is 0.309 e. The Bertz CT molecular complexity index is 536. The highest BCUT2D eigenvalue weighted by Crippen LogP contribution is 2.21. The van der Waals surface area contributed by atoms with Crippen LogP contribution >= 0.6 is 0 Å². The van der Waals surface area contributed by atoms with E-state index in [1.54, 1.807) is 0 Å². The maximum atomic E-state index is 11.6. The molecule has 25 heavy (non-hydrogen) atoms. The minimum absolute atomic E-state index is 0.136. The van der Waals surface area contributed by atoms with Crippen LogP contribution in [0.15, 0.2) is 30.3 Å². The summed E-state index contributed by atoms with van der Waals surface area (Å²) in [4.78, 5) is 25.4. The van der Waals surface area contributed by atoms with Crippen LogP contribution in [0.2, 0.25) is 0 Å². The average molecular weight is 347 g/mol. The molecule has 0 aromatic heterocycles. The summed E-state index contributed by atoms with van der Waals surface area (Å²) in [5.74, 6) is -1.08. The first-order valence-corrected chi connectivity index (χ1v) is 9.15. The summed E-state index contributed by atoms with van der Waals surface area (Å²) in [7, 11) is 0. The minimum atomic E-state index is -0.541. The molecule has 0 radical (unpaired) electrons. The third kappa shape index (κ3) is 6.84. The lowest BCUT2D eigenvalue weighted by molar-refractivity contribution is -0.139. The number of unbranched alkanes of at least 4 members (excludes halogenated alkanes) is 1. The van der Waals surface area contributed by atoms with Crippen LogP contribution in [0.1, 0.15) is 37.9 Å². The zero-order valence-corrected chi connectivity index (χ0v) is 15.0. The fourth-order valence-electron chi connectivity index (χ4n) is 2.84. The summed E-state index contributed by atoms with van der Waals surface area (Å²) in [5.41, 5.74) is 1.22. The summed E-state index contributed by atoms with van der Waals surface area (Å²) < 4.78 is 5.87. The van der Waals surface area contributed by atoms with Gasteiger partial charge in [0.25, 0.3) is 0 Å². The Hall–Kier alpha value is -1.92. The van der Waals surface area contributed by atoms with Gasteiger partial charge in [0.05, 0.1) is 12.7 Å². The normalized spacial score (nSPS) is 17.9. The summed E-state index contributed by atoms with van der Waals surface area (Å²) in [5, 5.41) is 5.24. The van der Waals surface area contributed by atoms with E-state index >= 15 is 0 Å². The van der Waals surface area contributed by atoms with Gasteiger partial charge in [-0.3, -0.25) is 14.5 Å². The first-order chi connectivity index (χ1) is 12.2. The Morgan fingerprint density at radius 1 is 1.12 bits per heavy atom. The molecule has 1 aliphatic heterocycles. The fraction of sp³-hybridized carbons (Fsp3) is 0.579. The van der Waals surface area contributed by atoms with E-state index in [2.05, 4.69) is 27.7 Å². The van der Waals surface area contributed by atoms with E-state index < -0.39 is 11.8 Å². The van der Waals surface area contributed by atoms with Crippen LogP contribution in [0.4, 0.5) is 0 Å². The Kier molecular flexibility index (Phi) is 8.42. The molecule has 1 aliphatic rings. The second kappa shape index (κ2) is 10.8. The lowest BCUT2D eigenvalue weighted by Crippen LogP contribution is -2.41. The number of ether oxygens (including phenoxy) is 1. The van der Waals surface area contributed by atoms with Crippen LogP contribution in [-0.4, -0.2) is 56.0 Å². The predicted octanol–water partition coefficient (Wildman–Crippen LogP) is 1.48. The SMILES string of the molecule is CCCNC(=O)C(=O)NCCCCN1CCOC(c2ccccc2)C1. The van der Waals surface area contributed by atoms with Gasteiger partial charge in [-0.05, 0) is 31.4 Å². The van der Waals surface area contributed by atoms with Crippen molar-refractivity contribution in [1.82, 2.24) is 15.5 Å². The van der Waals surface area contributed by atoms with Crippen LogP contribution in [0.3, 0.4) is 0 Å². The van der Waals surface area contributed by atoms with Crippen molar-refractivity contribution in [3.05, 3.63) is 35.9 Å². The van der Waals surface area contributed by atoms with Crippen molar-refractivity contribution in [2.75, 3.05) is 39.3 Å². The summed E-state index contributed by atoms with van der Waals surface area (Å²) in [6.07, 6.45) is 2.80. The summed E-state index contributed by atoms with van der Waals surface area (Å²) in [6, 6.07) is 10.3. The number of benzene rings is 1. The molecular formula is C19H29N3O3. The van der Waals surface area contributed by atoms with Crippen molar-refractivity contribution in [2.45, 2.75) is 32.3 Å². The molecule has 0 saturated carbocycles. The third-order valence-corrected chi connectivity index (χ3v) is 4.25. The van der Waals surface area contributed by atoms with Crippen molar-refractivity contribution in [2.24, 2.45) is 0 Å². The molecule has 2 N–H and O–H groups in total. The third-order valence-electron chi connectivity index (χ3n) is 4.25. The van der Waals surface area contributed by atoms with Gasteiger partial charge in [0.2, 0.25) is 0 Å². The Balaban J connectivity index is 1.60. The number of carbonyl (C=O) groups is 2. The van der Waals surface area contributed by atoms with Crippen LogP contribution in [-0.2, 0) is 14.3 Å². The van der Waals surface area contributed by atoms with Crippen LogP contribution in [0, 0.1) is 0 Å². The van der Waals surface area contributed by atoms with E-state index in [4.69, 9.17) is 4.74 Å². The molecule has 1 heterocycles. The smallest absolute Gasteiger partial charge is 0.309 e. The van der Waals surface area contributed by atoms with Crippen molar-refractivity contribution in [1.29, 1.82) is 0 Å². The fourth-order valence-corrected chi connectivity index (χ4v) is 2.84. The number of hydrogen-bond acceptors (Lipinski definition) is 4. The molecule has 1 aromatic rings. The van der Waals surface area contributed by atoms with Crippen LogP contribution < -0.4 is 10.6 Å². The molecule has 138 valence electrons.